The summed E-state index contributed by atoms with van der Waals surface area (Å²) in [6.45, 7) is 4.81. The van der Waals surface area contributed by atoms with Crippen LogP contribution in [0.3, 0.4) is 0 Å². The first-order valence-electron chi connectivity index (χ1n) is 10.1. The smallest absolute Gasteiger partial charge is 0.199 e. The average Bonchev–Trinajstić information content (AvgIpc) is 3.40. The number of nitrogens with one attached hydrogen (secondary N) is 1. The topological polar surface area (TPSA) is 67.6 Å². The van der Waals surface area contributed by atoms with E-state index in [-0.39, 0.29) is 5.41 Å². The van der Waals surface area contributed by atoms with E-state index in [1.165, 1.54) is 36.9 Å². The van der Waals surface area contributed by atoms with Gasteiger partial charge in [-0.1, -0.05) is 31.0 Å². The van der Waals surface area contributed by atoms with Gasteiger partial charge in [-0.25, -0.2) is 4.99 Å². The third kappa shape index (κ3) is 3.39. The van der Waals surface area contributed by atoms with Crippen LogP contribution in [0.1, 0.15) is 42.9 Å². The number of rotatable bonds is 5. The van der Waals surface area contributed by atoms with Crippen molar-refractivity contribution >= 4 is 11.6 Å². The molecule has 4 rings (SSSR count). The number of hydrogen-bond acceptors (Lipinski definition) is 4. The lowest BCUT2D eigenvalue weighted by Gasteiger charge is -2.27. The maximum Gasteiger partial charge on any atom is 0.199 e. The Morgan fingerprint density at radius 2 is 2.04 bits per heavy atom. The molecule has 0 unspecified atom stereocenters. The van der Waals surface area contributed by atoms with Gasteiger partial charge in [0.05, 0.1) is 6.61 Å². The van der Waals surface area contributed by atoms with Crippen LogP contribution in [0.2, 0.25) is 0 Å². The van der Waals surface area contributed by atoms with Crippen molar-refractivity contribution in [1.82, 2.24) is 20.1 Å². The van der Waals surface area contributed by atoms with E-state index in [0.717, 1.165) is 30.7 Å². The number of ether oxygens (including phenoxy) is 1. The lowest BCUT2D eigenvalue weighted by atomic mass is 9.81. The van der Waals surface area contributed by atoms with Gasteiger partial charge in [-0.3, -0.25) is 0 Å². The third-order valence-corrected chi connectivity index (χ3v) is 6.19. The Morgan fingerprint density at radius 1 is 1.25 bits per heavy atom. The Labute approximate surface area is 166 Å². The van der Waals surface area contributed by atoms with Crippen LogP contribution in [0.4, 0.5) is 5.69 Å². The first-order valence-corrected chi connectivity index (χ1v) is 10.1. The van der Waals surface area contributed by atoms with Crippen LogP contribution in [0.5, 0.6) is 0 Å². The van der Waals surface area contributed by atoms with Crippen molar-refractivity contribution in [2.24, 2.45) is 12.0 Å². The van der Waals surface area contributed by atoms with Crippen LogP contribution < -0.4 is 10.2 Å². The highest BCUT2D eigenvalue weighted by molar-refractivity contribution is 5.98. The summed E-state index contributed by atoms with van der Waals surface area (Å²) in [7, 11) is 3.70. The molecule has 7 nitrogen and oxygen atoms in total. The number of aryl methyl sites for hydroxylation is 1. The van der Waals surface area contributed by atoms with Crippen LogP contribution in [0, 0.1) is 6.92 Å². The quantitative estimate of drug-likeness (QED) is 0.489. The van der Waals surface area contributed by atoms with E-state index in [0.29, 0.717) is 13.2 Å². The van der Waals surface area contributed by atoms with Crippen LogP contribution in [-0.2, 0) is 23.7 Å². The average molecular weight is 383 g/mol. The Morgan fingerprint density at radius 3 is 2.75 bits per heavy atom. The van der Waals surface area contributed by atoms with Gasteiger partial charge < -0.3 is 19.5 Å². The summed E-state index contributed by atoms with van der Waals surface area (Å²) in [5.41, 5.74) is 3.02. The summed E-state index contributed by atoms with van der Waals surface area (Å²) in [5, 5.41) is 11.9. The van der Waals surface area contributed by atoms with Crippen molar-refractivity contribution < 1.29 is 4.74 Å². The van der Waals surface area contributed by atoms with Crippen molar-refractivity contribution in [3.05, 3.63) is 41.5 Å². The van der Waals surface area contributed by atoms with Gasteiger partial charge in [0.25, 0.3) is 0 Å². The number of benzene rings is 1. The summed E-state index contributed by atoms with van der Waals surface area (Å²) in [6.07, 6.45) is 5.14. The van der Waals surface area contributed by atoms with Gasteiger partial charge in [-0.2, -0.15) is 0 Å². The summed E-state index contributed by atoms with van der Waals surface area (Å²) < 4.78 is 7.23. The number of guanidine groups is 1. The zero-order valence-electron chi connectivity index (χ0n) is 17.1. The highest BCUT2D eigenvalue weighted by atomic mass is 16.5. The number of hydrogen-bond donors (Lipinski definition) is 1. The minimum Gasteiger partial charge on any atom is -0.383 e. The molecule has 2 aliphatic rings. The molecule has 150 valence electrons. The maximum atomic E-state index is 5.24. The molecule has 1 spiro atoms. The van der Waals surface area contributed by atoms with Gasteiger partial charge in [0, 0.05) is 38.3 Å². The predicted molar refractivity (Wildman–Crippen MR) is 111 cm³/mol. The minimum absolute atomic E-state index is 0.266. The lowest BCUT2D eigenvalue weighted by molar-refractivity contribution is 0.203. The largest absolute Gasteiger partial charge is 0.383 e. The van der Waals surface area contributed by atoms with Gasteiger partial charge in [-0.15, -0.1) is 10.2 Å². The predicted octanol–water partition coefficient (Wildman–Crippen LogP) is 2.55. The van der Waals surface area contributed by atoms with Gasteiger partial charge in [-0.05, 0) is 31.4 Å². The second-order valence-electron chi connectivity index (χ2n) is 7.87. The number of aliphatic imine (C=N–C) groups is 1. The number of para-hydroxylation sites is 1. The lowest BCUT2D eigenvalue weighted by Crippen LogP contribution is -2.44. The van der Waals surface area contributed by atoms with E-state index in [1.807, 2.05) is 18.5 Å². The van der Waals surface area contributed by atoms with E-state index in [1.54, 1.807) is 7.11 Å². The highest BCUT2D eigenvalue weighted by Crippen LogP contribution is 2.50. The number of nitrogens with zero attached hydrogens (tertiary/aromatic N) is 5. The molecule has 1 aliphatic carbocycles. The fourth-order valence-corrected chi connectivity index (χ4v) is 4.53. The molecular weight excluding hydrogens is 352 g/mol. The molecule has 1 fully saturated rings. The molecule has 1 aromatic carbocycles. The van der Waals surface area contributed by atoms with Gasteiger partial charge in [0.15, 0.2) is 11.8 Å². The van der Waals surface area contributed by atoms with Gasteiger partial charge in [0.2, 0.25) is 0 Å². The molecule has 1 N–H and O–H groups in total. The van der Waals surface area contributed by atoms with Crippen molar-refractivity contribution in [2.75, 3.05) is 31.7 Å². The fourth-order valence-electron chi connectivity index (χ4n) is 4.53. The zero-order chi connectivity index (χ0) is 19.6. The summed E-state index contributed by atoms with van der Waals surface area (Å²) >= 11 is 0. The van der Waals surface area contributed by atoms with E-state index >= 15 is 0 Å². The summed E-state index contributed by atoms with van der Waals surface area (Å²) in [4.78, 5) is 7.29. The van der Waals surface area contributed by atoms with Crippen molar-refractivity contribution in [3.8, 4) is 0 Å². The Balaban J connectivity index is 1.64. The SMILES string of the molecule is COCCNC(=NCc1nnc(C)n1C)N1CC2(CCCC2)c2ccccc21. The molecule has 28 heavy (non-hydrogen) atoms. The molecule has 1 aromatic heterocycles. The third-order valence-electron chi connectivity index (χ3n) is 6.19. The first kappa shape index (κ1) is 18.9. The number of fused-ring (bicyclic) bond motifs is 2. The van der Waals surface area contributed by atoms with E-state index < -0.39 is 0 Å². The summed E-state index contributed by atoms with van der Waals surface area (Å²) in [5.74, 6) is 2.66. The standard InChI is InChI=1S/C21H30N6O/c1-16-24-25-19(26(16)2)14-23-20(22-12-13-28-3)27-15-21(10-6-7-11-21)17-8-4-5-9-18(17)27/h4-5,8-9H,6-7,10-15H2,1-3H3,(H,22,23). The number of methoxy groups -OCH3 is 1. The molecule has 2 aromatic rings. The Bertz CT molecular complexity index is 852. The van der Waals surface area contributed by atoms with Crippen molar-refractivity contribution in [2.45, 2.75) is 44.6 Å². The van der Waals surface area contributed by atoms with Gasteiger partial charge >= 0.3 is 0 Å². The molecular formula is C21H30N6O. The Hall–Kier alpha value is -2.41. The number of aromatic nitrogens is 3. The van der Waals surface area contributed by atoms with Crippen LogP contribution >= 0.6 is 0 Å². The van der Waals surface area contributed by atoms with Gasteiger partial charge in [0.1, 0.15) is 12.4 Å². The second-order valence-corrected chi connectivity index (χ2v) is 7.87. The van der Waals surface area contributed by atoms with Crippen LogP contribution in [-0.4, -0.2) is 47.5 Å². The normalized spacial score (nSPS) is 18.1. The molecule has 2 heterocycles. The monoisotopic (exact) mass is 382 g/mol. The minimum atomic E-state index is 0.266. The molecule has 1 saturated carbocycles. The number of anilines is 1. The van der Waals surface area contributed by atoms with Crippen LogP contribution in [0.15, 0.2) is 29.3 Å². The second kappa shape index (κ2) is 7.91. The van der Waals surface area contributed by atoms with E-state index in [4.69, 9.17) is 9.73 Å². The Kier molecular flexibility index (Phi) is 5.35. The molecule has 0 amide bonds. The molecule has 1 aliphatic heterocycles. The van der Waals surface area contributed by atoms with E-state index in [2.05, 4.69) is 44.7 Å². The molecule has 0 radical (unpaired) electrons. The summed E-state index contributed by atoms with van der Waals surface area (Å²) in [6, 6.07) is 8.82. The maximum absolute atomic E-state index is 5.24. The van der Waals surface area contributed by atoms with Crippen LogP contribution in [0.25, 0.3) is 0 Å². The molecule has 0 atom stereocenters. The molecule has 0 saturated heterocycles. The zero-order valence-corrected chi connectivity index (χ0v) is 17.1. The first-order chi connectivity index (χ1) is 13.6. The van der Waals surface area contributed by atoms with Crippen molar-refractivity contribution in [1.29, 1.82) is 0 Å². The van der Waals surface area contributed by atoms with Crippen molar-refractivity contribution in [3.63, 3.8) is 0 Å². The molecule has 7 heteroatoms. The fraction of sp³-hybridized carbons (Fsp3) is 0.571. The highest BCUT2D eigenvalue weighted by Gasteiger charge is 2.45. The molecule has 0 bridgehead atoms. The van der Waals surface area contributed by atoms with E-state index in [9.17, 15) is 0 Å².